The van der Waals surface area contributed by atoms with Crippen molar-refractivity contribution in [1.29, 1.82) is 0 Å². The van der Waals surface area contributed by atoms with Gasteiger partial charge in [0.2, 0.25) is 0 Å². The fourth-order valence-corrected chi connectivity index (χ4v) is 2.70. The van der Waals surface area contributed by atoms with Crippen LogP contribution in [0.5, 0.6) is 0 Å². The zero-order chi connectivity index (χ0) is 18.6. The third kappa shape index (κ3) is 3.59. The van der Waals surface area contributed by atoms with E-state index in [1.165, 1.54) is 24.3 Å². The molecule has 132 valence electrons. The highest BCUT2D eigenvalue weighted by atomic mass is 19.1. The molecule has 0 fully saturated rings. The molecule has 0 bridgehead atoms. The lowest BCUT2D eigenvalue weighted by atomic mass is 10.1. The molecule has 4 aromatic rings. The average Bonchev–Trinajstić information content (AvgIpc) is 3.17. The summed E-state index contributed by atoms with van der Waals surface area (Å²) in [4.78, 5) is 17.0. The van der Waals surface area contributed by atoms with E-state index in [2.05, 4.69) is 15.4 Å². The molecule has 0 saturated carbocycles. The Hall–Kier alpha value is -3.80. The molecule has 0 aliphatic heterocycles. The van der Waals surface area contributed by atoms with Crippen molar-refractivity contribution in [3.05, 3.63) is 96.7 Å². The molecule has 0 spiro atoms. The highest BCUT2D eigenvalue weighted by molar-refractivity contribution is 6.08. The van der Waals surface area contributed by atoms with Crippen LogP contribution in [0.2, 0.25) is 0 Å². The van der Waals surface area contributed by atoms with E-state index in [1.807, 2.05) is 36.4 Å². The van der Waals surface area contributed by atoms with Crippen molar-refractivity contribution >= 4 is 11.6 Å². The van der Waals surface area contributed by atoms with Gasteiger partial charge in [-0.2, -0.15) is 5.10 Å². The number of nitrogens with one attached hydrogen (secondary N) is 1. The van der Waals surface area contributed by atoms with Crippen molar-refractivity contribution in [1.82, 2.24) is 14.8 Å². The smallest absolute Gasteiger partial charge is 0.259 e. The SMILES string of the molecule is O=C(Nc1ccc(F)cc1)c1cn(-c2ccccc2)nc1-c1cccnc1. The lowest BCUT2D eigenvalue weighted by Crippen LogP contribution is -2.12. The van der Waals surface area contributed by atoms with Crippen molar-refractivity contribution in [3.63, 3.8) is 0 Å². The Kier molecular flexibility index (Phi) is 4.45. The monoisotopic (exact) mass is 358 g/mol. The molecule has 0 unspecified atom stereocenters. The van der Waals surface area contributed by atoms with E-state index < -0.39 is 0 Å². The Bertz CT molecular complexity index is 1060. The Balaban J connectivity index is 1.74. The zero-order valence-corrected chi connectivity index (χ0v) is 14.2. The van der Waals surface area contributed by atoms with Crippen LogP contribution in [0.15, 0.2) is 85.3 Å². The van der Waals surface area contributed by atoms with Gasteiger partial charge in [-0.1, -0.05) is 18.2 Å². The molecular weight excluding hydrogens is 343 g/mol. The van der Waals surface area contributed by atoms with E-state index in [-0.39, 0.29) is 11.7 Å². The van der Waals surface area contributed by atoms with E-state index in [1.54, 1.807) is 29.3 Å². The minimum absolute atomic E-state index is 0.331. The Morgan fingerprint density at radius 2 is 1.74 bits per heavy atom. The molecular formula is C21H15FN4O. The van der Waals surface area contributed by atoms with Gasteiger partial charge in [0.1, 0.15) is 11.5 Å². The number of amides is 1. The minimum Gasteiger partial charge on any atom is -0.322 e. The number of rotatable bonds is 4. The number of hydrogen-bond acceptors (Lipinski definition) is 3. The molecule has 4 rings (SSSR count). The molecule has 0 radical (unpaired) electrons. The molecule has 1 N–H and O–H groups in total. The van der Waals surface area contributed by atoms with Crippen LogP contribution in [0, 0.1) is 5.82 Å². The van der Waals surface area contributed by atoms with Crippen LogP contribution in [0.4, 0.5) is 10.1 Å². The van der Waals surface area contributed by atoms with Crippen molar-refractivity contribution in [3.8, 4) is 16.9 Å². The van der Waals surface area contributed by atoms with E-state index in [0.717, 1.165) is 11.3 Å². The molecule has 27 heavy (non-hydrogen) atoms. The predicted octanol–water partition coefficient (Wildman–Crippen LogP) is 4.33. The standard InChI is InChI=1S/C21H15FN4O/c22-16-8-10-17(11-9-16)24-21(27)19-14-26(18-6-2-1-3-7-18)25-20(19)15-5-4-12-23-13-15/h1-14H,(H,24,27). The van der Waals surface area contributed by atoms with Crippen LogP contribution in [0.25, 0.3) is 16.9 Å². The second kappa shape index (κ2) is 7.21. The lowest BCUT2D eigenvalue weighted by molar-refractivity contribution is 0.102. The largest absolute Gasteiger partial charge is 0.322 e. The summed E-state index contributed by atoms with van der Waals surface area (Å²) in [6, 6.07) is 18.8. The predicted molar refractivity (Wildman–Crippen MR) is 101 cm³/mol. The fourth-order valence-electron chi connectivity index (χ4n) is 2.70. The van der Waals surface area contributed by atoms with Crippen LogP contribution in [-0.4, -0.2) is 20.7 Å². The summed E-state index contributed by atoms with van der Waals surface area (Å²) in [6.45, 7) is 0. The molecule has 0 saturated heterocycles. The van der Waals surface area contributed by atoms with Crippen LogP contribution >= 0.6 is 0 Å². The number of nitrogens with zero attached hydrogens (tertiary/aromatic N) is 3. The van der Waals surface area contributed by atoms with Gasteiger partial charge < -0.3 is 5.32 Å². The van der Waals surface area contributed by atoms with Crippen molar-refractivity contribution in [2.45, 2.75) is 0 Å². The number of carbonyl (C=O) groups is 1. The zero-order valence-electron chi connectivity index (χ0n) is 14.2. The molecule has 2 heterocycles. The molecule has 1 amide bonds. The van der Waals surface area contributed by atoms with Crippen LogP contribution in [0.3, 0.4) is 0 Å². The highest BCUT2D eigenvalue weighted by Crippen LogP contribution is 2.24. The van der Waals surface area contributed by atoms with Gasteiger partial charge in [0, 0.05) is 29.8 Å². The maximum Gasteiger partial charge on any atom is 0.259 e. The topological polar surface area (TPSA) is 59.8 Å². The summed E-state index contributed by atoms with van der Waals surface area (Å²) in [5.41, 5.74) is 2.99. The van der Waals surface area contributed by atoms with Gasteiger partial charge in [0.05, 0.1) is 11.3 Å². The highest BCUT2D eigenvalue weighted by Gasteiger charge is 2.19. The van der Waals surface area contributed by atoms with Gasteiger partial charge in [0.25, 0.3) is 5.91 Å². The first-order chi connectivity index (χ1) is 13.2. The third-order valence-electron chi connectivity index (χ3n) is 4.02. The molecule has 0 aliphatic carbocycles. The Morgan fingerprint density at radius 1 is 0.963 bits per heavy atom. The summed E-state index contributed by atoms with van der Waals surface area (Å²) in [7, 11) is 0. The van der Waals surface area contributed by atoms with Gasteiger partial charge in [-0.15, -0.1) is 0 Å². The maximum absolute atomic E-state index is 13.1. The summed E-state index contributed by atoms with van der Waals surface area (Å²) < 4.78 is 14.7. The summed E-state index contributed by atoms with van der Waals surface area (Å²) >= 11 is 0. The first-order valence-corrected chi connectivity index (χ1v) is 8.33. The number of pyridine rings is 1. The second-order valence-corrected chi connectivity index (χ2v) is 5.87. The molecule has 6 heteroatoms. The summed E-state index contributed by atoms with van der Waals surface area (Å²) in [6.07, 6.45) is 5.00. The summed E-state index contributed by atoms with van der Waals surface area (Å²) in [5.74, 6) is -0.691. The van der Waals surface area contributed by atoms with Gasteiger partial charge in [-0.05, 0) is 48.5 Å². The first-order valence-electron chi connectivity index (χ1n) is 8.33. The number of para-hydroxylation sites is 1. The van der Waals surface area contributed by atoms with Crippen LogP contribution in [-0.2, 0) is 0 Å². The van der Waals surface area contributed by atoms with E-state index in [4.69, 9.17) is 0 Å². The van der Waals surface area contributed by atoms with Crippen molar-refractivity contribution in [2.24, 2.45) is 0 Å². The quantitative estimate of drug-likeness (QED) is 0.591. The molecule has 2 aromatic carbocycles. The number of hydrogen-bond donors (Lipinski definition) is 1. The fraction of sp³-hybridized carbons (Fsp3) is 0. The van der Waals surface area contributed by atoms with Gasteiger partial charge in [0.15, 0.2) is 0 Å². The third-order valence-corrected chi connectivity index (χ3v) is 4.02. The number of halogens is 1. The number of aromatic nitrogens is 3. The normalized spacial score (nSPS) is 10.6. The van der Waals surface area contributed by atoms with Gasteiger partial charge >= 0.3 is 0 Å². The first kappa shape index (κ1) is 16.7. The molecule has 5 nitrogen and oxygen atoms in total. The van der Waals surface area contributed by atoms with Crippen LogP contribution in [0.1, 0.15) is 10.4 Å². The molecule has 0 atom stereocenters. The van der Waals surface area contributed by atoms with Crippen molar-refractivity contribution < 1.29 is 9.18 Å². The maximum atomic E-state index is 13.1. The second-order valence-electron chi connectivity index (χ2n) is 5.87. The number of benzene rings is 2. The van der Waals surface area contributed by atoms with E-state index in [0.29, 0.717) is 16.9 Å². The van der Waals surface area contributed by atoms with E-state index >= 15 is 0 Å². The summed E-state index contributed by atoms with van der Waals surface area (Å²) in [5, 5.41) is 7.36. The Morgan fingerprint density at radius 3 is 2.44 bits per heavy atom. The molecule has 2 aromatic heterocycles. The Labute approximate surface area is 155 Å². The minimum atomic E-state index is -0.360. The van der Waals surface area contributed by atoms with Crippen molar-refractivity contribution in [2.75, 3.05) is 5.32 Å². The number of carbonyl (C=O) groups excluding carboxylic acids is 1. The lowest BCUT2D eigenvalue weighted by Gasteiger charge is -2.05. The van der Waals surface area contributed by atoms with Crippen LogP contribution < -0.4 is 5.32 Å². The number of anilines is 1. The molecule has 0 aliphatic rings. The average molecular weight is 358 g/mol. The van der Waals surface area contributed by atoms with Gasteiger partial charge in [-0.3, -0.25) is 9.78 Å². The van der Waals surface area contributed by atoms with Gasteiger partial charge in [-0.25, -0.2) is 9.07 Å². The van der Waals surface area contributed by atoms with E-state index in [9.17, 15) is 9.18 Å².